The van der Waals surface area contributed by atoms with Crippen molar-refractivity contribution in [3.8, 4) is 0 Å². The van der Waals surface area contributed by atoms with E-state index in [2.05, 4.69) is 9.97 Å². The molecule has 1 aliphatic heterocycles. The van der Waals surface area contributed by atoms with E-state index >= 15 is 0 Å². The van der Waals surface area contributed by atoms with E-state index < -0.39 is 0 Å². The molecule has 5 nitrogen and oxygen atoms in total. The third-order valence-electron chi connectivity index (χ3n) is 4.93. The summed E-state index contributed by atoms with van der Waals surface area (Å²) in [6, 6.07) is 10.1. The minimum atomic E-state index is -0.355. The van der Waals surface area contributed by atoms with Gasteiger partial charge in [0.25, 0.3) is 5.91 Å². The average Bonchev–Trinajstić information content (AvgIpc) is 2.68. The Morgan fingerprint density at radius 2 is 1.84 bits per heavy atom. The van der Waals surface area contributed by atoms with E-state index in [1.165, 1.54) is 0 Å². The van der Waals surface area contributed by atoms with E-state index in [9.17, 15) is 9.90 Å². The first-order chi connectivity index (χ1) is 12.2. The molecule has 1 N–H and O–H groups in total. The predicted octanol–water partition coefficient (Wildman–Crippen LogP) is 2.49. The molecule has 25 heavy (non-hydrogen) atoms. The Kier molecular flexibility index (Phi) is 5.76. The molecule has 1 saturated heterocycles. The minimum absolute atomic E-state index is 0.0151. The Labute approximate surface area is 148 Å². The summed E-state index contributed by atoms with van der Waals surface area (Å²) in [6.45, 7) is 3.33. The van der Waals surface area contributed by atoms with Gasteiger partial charge < -0.3 is 10.0 Å². The predicted molar refractivity (Wildman–Crippen MR) is 96.2 cm³/mol. The number of likely N-dealkylation sites (tertiary alicyclic amines) is 1. The van der Waals surface area contributed by atoms with Crippen molar-refractivity contribution in [2.45, 2.75) is 38.7 Å². The number of rotatable bonds is 5. The van der Waals surface area contributed by atoms with Crippen LogP contribution in [0, 0.1) is 5.92 Å². The monoisotopic (exact) mass is 339 g/mol. The van der Waals surface area contributed by atoms with Crippen molar-refractivity contribution < 1.29 is 9.90 Å². The van der Waals surface area contributed by atoms with Gasteiger partial charge >= 0.3 is 0 Å². The number of carbonyl (C=O) groups is 1. The zero-order valence-corrected chi connectivity index (χ0v) is 14.6. The lowest BCUT2D eigenvalue weighted by atomic mass is 9.88. The van der Waals surface area contributed by atoms with Crippen LogP contribution in [-0.2, 0) is 12.8 Å². The summed E-state index contributed by atoms with van der Waals surface area (Å²) in [5.74, 6) is 0.973. The summed E-state index contributed by atoms with van der Waals surface area (Å²) < 4.78 is 0. The molecular formula is C20H25N3O2. The van der Waals surface area contributed by atoms with Crippen LogP contribution in [-0.4, -0.2) is 45.1 Å². The van der Waals surface area contributed by atoms with E-state index in [1.807, 2.05) is 42.2 Å². The molecule has 2 heterocycles. The van der Waals surface area contributed by atoms with E-state index in [0.29, 0.717) is 25.1 Å². The second-order valence-corrected chi connectivity index (χ2v) is 6.63. The van der Waals surface area contributed by atoms with Gasteiger partial charge in [0, 0.05) is 31.9 Å². The van der Waals surface area contributed by atoms with Crippen LogP contribution < -0.4 is 0 Å². The van der Waals surface area contributed by atoms with Crippen molar-refractivity contribution in [1.82, 2.24) is 14.9 Å². The lowest BCUT2D eigenvalue weighted by Crippen LogP contribution is -2.41. The first kappa shape index (κ1) is 17.5. The molecule has 1 aliphatic rings. The number of aliphatic hydroxyl groups is 1. The highest BCUT2D eigenvalue weighted by Gasteiger charge is 2.28. The molecule has 0 bridgehead atoms. The molecule has 0 radical (unpaired) electrons. The number of carbonyl (C=O) groups excluding carboxylic acids is 1. The first-order valence-electron chi connectivity index (χ1n) is 8.99. The van der Waals surface area contributed by atoms with Gasteiger partial charge in [-0.15, -0.1) is 0 Å². The molecule has 132 valence electrons. The fraction of sp³-hybridized carbons (Fsp3) is 0.450. The number of amides is 1. The van der Waals surface area contributed by atoms with Gasteiger partial charge in [-0.05, 0) is 30.7 Å². The number of piperidine rings is 1. The summed E-state index contributed by atoms with van der Waals surface area (Å²) in [5.41, 5.74) is 1.70. The number of hydrogen-bond acceptors (Lipinski definition) is 4. The molecule has 0 spiro atoms. The lowest BCUT2D eigenvalue weighted by Gasteiger charge is -2.34. The Hall–Kier alpha value is -2.27. The van der Waals surface area contributed by atoms with Crippen LogP contribution in [0.5, 0.6) is 0 Å². The standard InChI is InChI=1S/C20H25N3O2/c1-2-19-21-13-17(14-22-19)20(25)23-10-8-16(9-11-23)18(24)12-15-6-4-3-5-7-15/h3-7,13-14,16,18,24H,2,8-12H2,1H3/t18-/m1/s1. The van der Waals surface area contributed by atoms with Crippen molar-refractivity contribution >= 4 is 5.91 Å². The van der Waals surface area contributed by atoms with Crippen molar-refractivity contribution in [1.29, 1.82) is 0 Å². The van der Waals surface area contributed by atoms with E-state index in [1.54, 1.807) is 12.4 Å². The topological polar surface area (TPSA) is 66.3 Å². The summed E-state index contributed by atoms with van der Waals surface area (Å²) >= 11 is 0. The van der Waals surface area contributed by atoms with Crippen LogP contribution in [0.25, 0.3) is 0 Å². The van der Waals surface area contributed by atoms with Gasteiger partial charge in [-0.2, -0.15) is 0 Å². The molecule has 3 rings (SSSR count). The third-order valence-corrected chi connectivity index (χ3v) is 4.93. The summed E-state index contributed by atoms with van der Waals surface area (Å²) in [6.07, 6.45) is 5.97. The summed E-state index contributed by atoms with van der Waals surface area (Å²) in [5, 5.41) is 10.5. The van der Waals surface area contributed by atoms with Crippen LogP contribution in [0.3, 0.4) is 0 Å². The Balaban J connectivity index is 1.53. The van der Waals surface area contributed by atoms with Crippen LogP contribution in [0.15, 0.2) is 42.7 Å². The highest BCUT2D eigenvalue weighted by Crippen LogP contribution is 2.24. The quantitative estimate of drug-likeness (QED) is 0.909. The molecule has 1 atom stereocenters. The number of aryl methyl sites for hydroxylation is 1. The Bertz CT molecular complexity index is 680. The number of aliphatic hydroxyl groups excluding tert-OH is 1. The van der Waals surface area contributed by atoms with Gasteiger partial charge in [0.1, 0.15) is 5.82 Å². The normalized spacial score (nSPS) is 16.6. The minimum Gasteiger partial charge on any atom is -0.392 e. The van der Waals surface area contributed by atoms with Crippen molar-refractivity contribution in [2.24, 2.45) is 5.92 Å². The molecule has 1 aromatic heterocycles. The Morgan fingerprint density at radius 1 is 1.20 bits per heavy atom. The molecule has 2 aromatic rings. The average molecular weight is 339 g/mol. The maximum Gasteiger partial charge on any atom is 0.256 e. The lowest BCUT2D eigenvalue weighted by molar-refractivity contribution is 0.0467. The van der Waals surface area contributed by atoms with Crippen LogP contribution in [0.4, 0.5) is 0 Å². The van der Waals surface area contributed by atoms with Gasteiger partial charge in [-0.25, -0.2) is 9.97 Å². The smallest absolute Gasteiger partial charge is 0.256 e. The number of aromatic nitrogens is 2. The van der Waals surface area contributed by atoms with Gasteiger partial charge in [0.05, 0.1) is 11.7 Å². The first-order valence-corrected chi connectivity index (χ1v) is 8.99. The van der Waals surface area contributed by atoms with Gasteiger partial charge in [0.15, 0.2) is 0 Å². The number of benzene rings is 1. The summed E-state index contributed by atoms with van der Waals surface area (Å²) in [4.78, 5) is 22.8. The SMILES string of the molecule is CCc1ncc(C(=O)N2CCC([C@H](O)Cc3ccccc3)CC2)cn1. The molecular weight excluding hydrogens is 314 g/mol. The van der Waals surface area contributed by atoms with Crippen molar-refractivity contribution in [2.75, 3.05) is 13.1 Å². The van der Waals surface area contributed by atoms with Gasteiger partial charge in [0.2, 0.25) is 0 Å². The number of nitrogens with zero attached hydrogens (tertiary/aromatic N) is 3. The maximum atomic E-state index is 12.6. The van der Waals surface area contributed by atoms with E-state index in [4.69, 9.17) is 0 Å². The molecule has 1 amide bonds. The van der Waals surface area contributed by atoms with Crippen molar-refractivity contribution in [3.63, 3.8) is 0 Å². The second kappa shape index (κ2) is 8.21. The fourth-order valence-electron chi connectivity index (χ4n) is 3.34. The molecule has 1 aromatic carbocycles. The highest BCUT2D eigenvalue weighted by atomic mass is 16.3. The van der Waals surface area contributed by atoms with Gasteiger partial charge in [-0.1, -0.05) is 37.3 Å². The van der Waals surface area contributed by atoms with Crippen LogP contribution in [0.1, 0.15) is 41.5 Å². The van der Waals surface area contributed by atoms with E-state index in [-0.39, 0.29) is 17.9 Å². The van der Waals surface area contributed by atoms with Gasteiger partial charge in [-0.3, -0.25) is 4.79 Å². The maximum absolute atomic E-state index is 12.6. The molecule has 0 saturated carbocycles. The summed E-state index contributed by atoms with van der Waals surface area (Å²) in [7, 11) is 0. The fourth-order valence-corrected chi connectivity index (χ4v) is 3.34. The molecule has 0 aliphatic carbocycles. The van der Waals surface area contributed by atoms with E-state index in [0.717, 1.165) is 30.7 Å². The number of hydrogen-bond donors (Lipinski definition) is 1. The Morgan fingerprint density at radius 3 is 2.44 bits per heavy atom. The van der Waals surface area contributed by atoms with Crippen LogP contribution in [0.2, 0.25) is 0 Å². The third kappa shape index (κ3) is 4.42. The molecule has 0 unspecified atom stereocenters. The second-order valence-electron chi connectivity index (χ2n) is 6.63. The zero-order valence-electron chi connectivity index (χ0n) is 14.6. The van der Waals surface area contributed by atoms with Crippen LogP contribution >= 0.6 is 0 Å². The van der Waals surface area contributed by atoms with Crippen molar-refractivity contribution in [3.05, 3.63) is 59.7 Å². The molecule has 1 fully saturated rings. The zero-order chi connectivity index (χ0) is 17.6. The largest absolute Gasteiger partial charge is 0.392 e. The molecule has 5 heteroatoms. The highest BCUT2D eigenvalue weighted by molar-refractivity contribution is 5.93.